The molecule has 10 atom stereocenters. The zero-order valence-electron chi connectivity index (χ0n) is 18.8. The van der Waals surface area contributed by atoms with Gasteiger partial charge < -0.3 is 24.1 Å². The molecule has 4 unspecified atom stereocenters. The topological polar surface area (TPSA) is 57.2 Å². The molecule has 7 fully saturated rings. The van der Waals surface area contributed by atoms with Crippen molar-refractivity contribution in [2.24, 2.45) is 34.5 Å². The zero-order valence-corrected chi connectivity index (χ0v) is 18.8. The summed E-state index contributed by atoms with van der Waals surface area (Å²) >= 11 is 0. The van der Waals surface area contributed by atoms with E-state index in [9.17, 15) is 5.11 Å². The van der Waals surface area contributed by atoms with E-state index in [2.05, 4.69) is 26.8 Å². The van der Waals surface area contributed by atoms with Gasteiger partial charge in [-0.25, -0.2) is 0 Å². The molecule has 5 heterocycles. The number of hydrogen-bond acceptors (Lipinski definition) is 5. The highest BCUT2D eigenvalue weighted by molar-refractivity contribution is 5.30. The van der Waals surface area contributed by atoms with Gasteiger partial charge >= 0.3 is 0 Å². The SMILES string of the molecule is CC1OCCOC23CC4=C[C@H](O)[C@@H]5C(CC[C@]6(C)[C@@H]1CC[C@H]56)[C@@]4(C)CC2OCCO3. The first kappa shape index (κ1) is 20.2. The maximum atomic E-state index is 11.4. The van der Waals surface area contributed by atoms with Gasteiger partial charge in [0.15, 0.2) is 5.79 Å². The van der Waals surface area contributed by atoms with Crippen molar-refractivity contribution < 1.29 is 24.1 Å². The van der Waals surface area contributed by atoms with Crippen molar-refractivity contribution >= 4 is 0 Å². The Morgan fingerprint density at radius 2 is 1.67 bits per heavy atom. The molecule has 5 aliphatic heterocycles. The Morgan fingerprint density at radius 3 is 2.47 bits per heavy atom. The molecule has 5 nitrogen and oxygen atoms in total. The Balaban J connectivity index is 1.47. The summed E-state index contributed by atoms with van der Waals surface area (Å²) in [5, 5.41) is 11.4. The van der Waals surface area contributed by atoms with Crippen LogP contribution in [-0.2, 0) is 18.9 Å². The molecule has 1 N–H and O–H groups in total. The molecule has 0 aromatic heterocycles. The van der Waals surface area contributed by atoms with E-state index in [4.69, 9.17) is 18.9 Å². The second kappa shape index (κ2) is 6.77. The molecule has 3 saturated carbocycles. The van der Waals surface area contributed by atoms with Crippen LogP contribution in [0, 0.1) is 34.5 Å². The van der Waals surface area contributed by atoms with Crippen LogP contribution in [-0.4, -0.2) is 55.6 Å². The maximum absolute atomic E-state index is 11.4. The highest BCUT2D eigenvalue weighted by atomic mass is 16.7. The molecule has 8 bridgehead atoms. The highest BCUT2D eigenvalue weighted by Gasteiger charge is 2.64. The normalized spacial score (nSPS) is 57.7. The minimum Gasteiger partial charge on any atom is -0.389 e. The summed E-state index contributed by atoms with van der Waals surface area (Å²) in [6.45, 7) is 9.51. The number of ether oxygens (including phenoxy) is 4. The van der Waals surface area contributed by atoms with Crippen molar-refractivity contribution in [3.8, 4) is 0 Å². The molecule has 0 aromatic carbocycles. The zero-order chi connectivity index (χ0) is 20.7. The van der Waals surface area contributed by atoms with Gasteiger partial charge in [0.05, 0.1) is 38.6 Å². The first-order valence-corrected chi connectivity index (χ1v) is 12.3. The Morgan fingerprint density at radius 1 is 0.933 bits per heavy atom. The predicted octanol–water partition coefficient (Wildman–Crippen LogP) is 3.69. The van der Waals surface area contributed by atoms with Crippen molar-refractivity contribution in [1.29, 1.82) is 0 Å². The van der Waals surface area contributed by atoms with Crippen LogP contribution in [0.1, 0.15) is 59.3 Å². The van der Waals surface area contributed by atoms with E-state index >= 15 is 0 Å². The monoisotopic (exact) mass is 418 g/mol. The van der Waals surface area contributed by atoms with E-state index in [1.807, 2.05) is 0 Å². The van der Waals surface area contributed by atoms with Gasteiger partial charge in [0.2, 0.25) is 0 Å². The third kappa shape index (κ3) is 2.59. The fraction of sp³-hybridized carbons (Fsp3) is 0.920. The van der Waals surface area contributed by atoms with E-state index < -0.39 is 5.79 Å². The molecule has 4 aliphatic carbocycles. The Bertz CT molecular complexity index is 737. The maximum Gasteiger partial charge on any atom is 0.198 e. The molecule has 0 radical (unpaired) electrons. The standard InChI is InChI=1S/C25H38O5/c1-15-17-4-5-18-22-19(6-7-23(17,18)2)24(3)14-21-25(29-10-8-27-15,30-11-9-28-21)13-16(24)12-20(22)26/h12,15,17-22,26H,4-11,13-14H2,1-3H3/t15?,17-,18-,19?,20+,21?,22+,23-,24+,25?/m1/s1. The van der Waals surface area contributed by atoms with Crippen LogP contribution in [0.5, 0.6) is 0 Å². The second-order valence-corrected chi connectivity index (χ2v) is 11.4. The van der Waals surface area contributed by atoms with Crippen LogP contribution >= 0.6 is 0 Å². The number of aliphatic hydroxyl groups excluding tert-OH is 1. The van der Waals surface area contributed by atoms with Crippen LogP contribution in [0.15, 0.2) is 11.6 Å². The van der Waals surface area contributed by atoms with E-state index in [-0.39, 0.29) is 29.1 Å². The molecule has 0 amide bonds. The van der Waals surface area contributed by atoms with E-state index in [0.29, 0.717) is 56.5 Å². The van der Waals surface area contributed by atoms with Gasteiger partial charge in [-0.3, -0.25) is 0 Å². The lowest BCUT2D eigenvalue weighted by atomic mass is 9.46. The molecule has 30 heavy (non-hydrogen) atoms. The van der Waals surface area contributed by atoms with Crippen LogP contribution in [0.2, 0.25) is 0 Å². The van der Waals surface area contributed by atoms with Gasteiger partial charge in [0.25, 0.3) is 0 Å². The number of hydrogen-bond donors (Lipinski definition) is 1. The summed E-state index contributed by atoms with van der Waals surface area (Å²) in [5.74, 6) is 1.26. The molecule has 1 spiro atoms. The van der Waals surface area contributed by atoms with Crippen molar-refractivity contribution in [3.05, 3.63) is 11.6 Å². The third-order valence-corrected chi connectivity index (χ3v) is 10.4. The van der Waals surface area contributed by atoms with E-state index in [1.54, 1.807) is 0 Å². The summed E-state index contributed by atoms with van der Waals surface area (Å²) in [7, 11) is 0. The quantitative estimate of drug-likeness (QED) is 0.608. The van der Waals surface area contributed by atoms with Gasteiger partial charge in [0.1, 0.15) is 6.10 Å². The summed E-state index contributed by atoms with van der Waals surface area (Å²) < 4.78 is 25.4. The predicted molar refractivity (Wildman–Crippen MR) is 112 cm³/mol. The Labute approximate surface area is 180 Å². The van der Waals surface area contributed by atoms with Crippen LogP contribution in [0.4, 0.5) is 0 Å². The lowest BCUT2D eigenvalue weighted by Gasteiger charge is -2.62. The minimum absolute atomic E-state index is 0.0470. The summed E-state index contributed by atoms with van der Waals surface area (Å²) in [6.07, 6.45) is 8.51. The minimum atomic E-state index is -0.727. The highest BCUT2D eigenvalue weighted by Crippen LogP contribution is 2.67. The fourth-order valence-electron chi connectivity index (χ4n) is 8.92. The molecular formula is C25H38O5. The van der Waals surface area contributed by atoms with Gasteiger partial charge in [-0.05, 0) is 73.5 Å². The van der Waals surface area contributed by atoms with Gasteiger partial charge in [-0.1, -0.05) is 25.5 Å². The van der Waals surface area contributed by atoms with Gasteiger partial charge in [0, 0.05) is 6.42 Å². The molecule has 168 valence electrons. The largest absolute Gasteiger partial charge is 0.389 e. The Kier molecular flexibility index (Phi) is 4.55. The lowest BCUT2D eigenvalue weighted by Crippen LogP contribution is -2.63. The first-order valence-electron chi connectivity index (χ1n) is 12.3. The van der Waals surface area contributed by atoms with E-state index in [1.165, 1.54) is 31.3 Å². The molecule has 0 aromatic rings. The second-order valence-electron chi connectivity index (χ2n) is 11.4. The smallest absolute Gasteiger partial charge is 0.198 e. The van der Waals surface area contributed by atoms with Gasteiger partial charge in [-0.15, -0.1) is 0 Å². The van der Waals surface area contributed by atoms with Crippen LogP contribution < -0.4 is 0 Å². The molecule has 9 aliphatic rings. The summed E-state index contributed by atoms with van der Waals surface area (Å²) in [6, 6.07) is 0. The van der Waals surface area contributed by atoms with Crippen LogP contribution in [0.25, 0.3) is 0 Å². The molecule has 5 heteroatoms. The van der Waals surface area contributed by atoms with Crippen molar-refractivity contribution in [2.45, 2.75) is 83.4 Å². The third-order valence-electron chi connectivity index (χ3n) is 10.4. The molecule has 9 rings (SSSR count). The average Bonchev–Trinajstić information content (AvgIpc) is 3.07. The summed E-state index contributed by atoms with van der Waals surface area (Å²) in [4.78, 5) is 0. The Hall–Kier alpha value is -0.460. The number of fused-ring (bicyclic) bond motifs is 1. The lowest BCUT2D eigenvalue weighted by molar-refractivity contribution is -0.343. The van der Waals surface area contributed by atoms with Crippen molar-refractivity contribution in [2.75, 3.05) is 26.4 Å². The van der Waals surface area contributed by atoms with E-state index in [0.717, 1.165) is 6.42 Å². The number of aliphatic hydroxyl groups is 1. The average molecular weight is 419 g/mol. The van der Waals surface area contributed by atoms with Crippen molar-refractivity contribution in [1.82, 2.24) is 0 Å². The van der Waals surface area contributed by atoms with Gasteiger partial charge in [-0.2, -0.15) is 0 Å². The summed E-state index contributed by atoms with van der Waals surface area (Å²) in [5.41, 5.74) is 1.66. The molecule has 4 saturated heterocycles. The molecular weight excluding hydrogens is 380 g/mol. The fourth-order valence-corrected chi connectivity index (χ4v) is 8.92. The number of rotatable bonds is 0. The van der Waals surface area contributed by atoms with Crippen LogP contribution in [0.3, 0.4) is 0 Å². The van der Waals surface area contributed by atoms with Crippen molar-refractivity contribution in [3.63, 3.8) is 0 Å². The first-order chi connectivity index (χ1) is 14.4.